The number of ether oxygens (including phenoxy) is 2. The molecule has 0 bridgehead atoms. The fraction of sp³-hybridized carbons (Fsp3) is 0.562. The van der Waals surface area contributed by atoms with Crippen molar-refractivity contribution < 1.29 is 14.3 Å². The third-order valence-electron chi connectivity index (χ3n) is 3.60. The molecule has 5 nitrogen and oxygen atoms in total. The number of piperidine rings is 1. The van der Waals surface area contributed by atoms with Crippen LogP contribution in [0.4, 0.5) is 4.79 Å². The third kappa shape index (κ3) is 4.55. The van der Waals surface area contributed by atoms with Crippen LogP contribution in [0.25, 0.3) is 0 Å². The molecular weight excluding hydrogens is 268 g/mol. The molecule has 1 fully saturated rings. The van der Waals surface area contributed by atoms with E-state index in [4.69, 9.17) is 9.47 Å². The lowest BCUT2D eigenvalue weighted by Gasteiger charge is -2.26. The standard InChI is InChI=1S/C16H24N2O3/c1-13-6-7-14(15(12-13)20-2)21-11-8-17-16(19)18-9-4-3-5-10-18/h6-7,12H,3-5,8-11H2,1-2H3,(H,17,19). The van der Waals surface area contributed by atoms with Gasteiger partial charge in [-0.25, -0.2) is 4.79 Å². The number of likely N-dealkylation sites (tertiary alicyclic amines) is 1. The first kappa shape index (κ1) is 15.5. The fourth-order valence-electron chi connectivity index (χ4n) is 2.42. The predicted octanol–water partition coefficient (Wildman–Crippen LogP) is 2.58. The summed E-state index contributed by atoms with van der Waals surface area (Å²) in [5, 5.41) is 2.89. The Balaban J connectivity index is 1.73. The summed E-state index contributed by atoms with van der Waals surface area (Å²) in [5.41, 5.74) is 1.12. The van der Waals surface area contributed by atoms with Gasteiger partial charge in [-0.05, 0) is 43.9 Å². The SMILES string of the molecule is COc1cc(C)ccc1OCCNC(=O)N1CCCCC1. The van der Waals surface area contributed by atoms with E-state index in [2.05, 4.69) is 5.32 Å². The summed E-state index contributed by atoms with van der Waals surface area (Å²) >= 11 is 0. The smallest absolute Gasteiger partial charge is 0.317 e. The van der Waals surface area contributed by atoms with E-state index < -0.39 is 0 Å². The van der Waals surface area contributed by atoms with Gasteiger partial charge in [-0.15, -0.1) is 0 Å². The maximum Gasteiger partial charge on any atom is 0.317 e. The molecule has 1 aromatic rings. The number of nitrogens with zero attached hydrogens (tertiary/aromatic N) is 1. The van der Waals surface area contributed by atoms with Gasteiger partial charge in [0.1, 0.15) is 6.61 Å². The lowest BCUT2D eigenvalue weighted by Crippen LogP contribution is -2.43. The number of urea groups is 1. The zero-order valence-corrected chi connectivity index (χ0v) is 12.9. The molecule has 2 amide bonds. The van der Waals surface area contributed by atoms with Gasteiger partial charge in [-0.1, -0.05) is 6.07 Å². The van der Waals surface area contributed by atoms with Gasteiger partial charge in [-0.2, -0.15) is 0 Å². The summed E-state index contributed by atoms with van der Waals surface area (Å²) in [4.78, 5) is 13.8. The van der Waals surface area contributed by atoms with Crippen molar-refractivity contribution in [1.29, 1.82) is 0 Å². The molecule has 0 unspecified atom stereocenters. The highest BCUT2D eigenvalue weighted by molar-refractivity contribution is 5.74. The van der Waals surface area contributed by atoms with Crippen LogP contribution in [-0.4, -0.2) is 44.3 Å². The first-order valence-electron chi connectivity index (χ1n) is 7.51. The van der Waals surface area contributed by atoms with Crippen LogP contribution < -0.4 is 14.8 Å². The molecule has 0 aliphatic carbocycles. The lowest BCUT2D eigenvalue weighted by molar-refractivity contribution is 0.183. The first-order valence-corrected chi connectivity index (χ1v) is 7.51. The van der Waals surface area contributed by atoms with Crippen molar-refractivity contribution in [2.45, 2.75) is 26.2 Å². The first-order chi connectivity index (χ1) is 10.2. The molecule has 1 heterocycles. The Kier molecular flexibility index (Phi) is 5.72. The van der Waals surface area contributed by atoms with E-state index in [0.717, 1.165) is 37.2 Å². The number of aryl methyl sites for hydroxylation is 1. The van der Waals surface area contributed by atoms with Crippen LogP contribution in [0.15, 0.2) is 18.2 Å². The van der Waals surface area contributed by atoms with E-state index in [-0.39, 0.29) is 6.03 Å². The Bertz CT molecular complexity index is 471. The number of hydrogen-bond acceptors (Lipinski definition) is 3. The van der Waals surface area contributed by atoms with Crippen LogP contribution >= 0.6 is 0 Å². The fourth-order valence-corrected chi connectivity index (χ4v) is 2.42. The molecule has 1 aliphatic rings. The van der Waals surface area contributed by atoms with E-state index >= 15 is 0 Å². The van der Waals surface area contributed by atoms with Crippen molar-refractivity contribution in [3.8, 4) is 11.5 Å². The number of rotatable bonds is 5. The van der Waals surface area contributed by atoms with Crippen LogP contribution in [0.1, 0.15) is 24.8 Å². The molecule has 5 heteroatoms. The molecule has 1 N–H and O–H groups in total. The van der Waals surface area contributed by atoms with Gasteiger partial charge in [0, 0.05) is 13.1 Å². The van der Waals surface area contributed by atoms with E-state index in [9.17, 15) is 4.79 Å². The van der Waals surface area contributed by atoms with Crippen LogP contribution in [0, 0.1) is 6.92 Å². The van der Waals surface area contributed by atoms with Gasteiger partial charge in [0.05, 0.1) is 13.7 Å². The van der Waals surface area contributed by atoms with Crippen molar-refractivity contribution in [2.75, 3.05) is 33.4 Å². The normalized spacial score (nSPS) is 14.7. The van der Waals surface area contributed by atoms with E-state index in [1.165, 1.54) is 6.42 Å². The summed E-state index contributed by atoms with van der Waals surface area (Å²) in [6, 6.07) is 5.81. The molecule has 0 saturated carbocycles. The number of benzene rings is 1. The monoisotopic (exact) mass is 292 g/mol. The van der Waals surface area contributed by atoms with Crippen molar-refractivity contribution in [1.82, 2.24) is 10.2 Å². The number of carbonyl (C=O) groups is 1. The molecule has 21 heavy (non-hydrogen) atoms. The second-order valence-corrected chi connectivity index (χ2v) is 5.28. The Morgan fingerprint density at radius 2 is 2.00 bits per heavy atom. The van der Waals surface area contributed by atoms with Gasteiger partial charge in [0.15, 0.2) is 11.5 Å². The minimum atomic E-state index is 0.00849. The molecule has 1 aromatic carbocycles. The molecule has 0 radical (unpaired) electrons. The highest BCUT2D eigenvalue weighted by Gasteiger charge is 2.15. The number of nitrogens with one attached hydrogen (secondary N) is 1. The predicted molar refractivity (Wildman–Crippen MR) is 82.0 cm³/mol. The molecule has 0 atom stereocenters. The summed E-state index contributed by atoms with van der Waals surface area (Å²) in [6.45, 7) is 4.65. The van der Waals surface area contributed by atoms with E-state index in [0.29, 0.717) is 18.9 Å². The Hall–Kier alpha value is -1.91. The third-order valence-corrected chi connectivity index (χ3v) is 3.60. The van der Waals surface area contributed by atoms with Crippen LogP contribution in [0.5, 0.6) is 11.5 Å². The second-order valence-electron chi connectivity index (χ2n) is 5.28. The van der Waals surface area contributed by atoms with E-state index in [1.54, 1.807) is 7.11 Å². The molecule has 0 aromatic heterocycles. The molecule has 1 aliphatic heterocycles. The highest BCUT2D eigenvalue weighted by atomic mass is 16.5. The Labute approximate surface area is 126 Å². The minimum Gasteiger partial charge on any atom is -0.493 e. The Morgan fingerprint density at radius 1 is 1.24 bits per heavy atom. The van der Waals surface area contributed by atoms with Gasteiger partial charge in [-0.3, -0.25) is 0 Å². The second kappa shape index (κ2) is 7.76. The number of amides is 2. The van der Waals surface area contributed by atoms with Gasteiger partial charge in [0.25, 0.3) is 0 Å². The highest BCUT2D eigenvalue weighted by Crippen LogP contribution is 2.27. The Morgan fingerprint density at radius 3 is 2.71 bits per heavy atom. The summed E-state index contributed by atoms with van der Waals surface area (Å²) in [6.07, 6.45) is 3.43. The van der Waals surface area contributed by atoms with E-state index in [1.807, 2.05) is 30.0 Å². The van der Waals surface area contributed by atoms with Gasteiger partial charge >= 0.3 is 6.03 Å². The average Bonchev–Trinajstić information content (AvgIpc) is 2.53. The lowest BCUT2D eigenvalue weighted by atomic mass is 10.1. The zero-order chi connectivity index (χ0) is 15.1. The van der Waals surface area contributed by atoms with Crippen molar-refractivity contribution in [3.63, 3.8) is 0 Å². The number of hydrogen-bond donors (Lipinski definition) is 1. The minimum absolute atomic E-state index is 0.00849. The maximum atomic E-state index is 11.9. The molecule has 2 rings (SSSR count). The van der Waals surface area contributed by atoms with Crippen molar-refractivity contribution >= 4 is 6.03 Å². The molecule has 1 saturated heterocycles. The maximum absolute atomic E-state index is 11.9. The van der Waals surface area contributed by atoms with Crippen molar-refractivity contribution in [3.05, 3.63) is 23.8 Å². The number of carbonyl (C=O) groups excluding carboxylic acids is 1. The average molecular weight is 292 g/mol. The summed E-state index contributed by atoms with van der Waals surface area (Å²) in [5.74, 6) is 1.42. The van der Waals surface area contributed by atoms with Crippen LogP contribution in [0.3, 0.4) is 0 Å². The molecule has 0 spiro atoms. The summed E-state index contributed by atoms with van der Waals surface area (Å²) < 4.78 is 10.9. The quantitative estimate of drug-likeness (QED) is 0.849. The van der Waals surface area contributed by atoms with Gasteiger partial charge < -0.3 is 19.7 Å². The molecule has 116 valence electrons. The molecular formula is C16H24N2O3. The summed E-state index contributed by atoms with van der Waals surface area (Å²) in [7, 11) is 1.62. The van der Waals surface area contributed by atoms with Crippen LogP contribution in [-0.2, 0) is 0 Å². The largest absolute Gasteiger partial charge is 0.493 e. The van der Waals surface area contributed by atoms with Crippen LogP contribution in [0.2, 0.25) is 0 Å². The number of methoxy groups -OCH3 is 1. The van der Waals surface area contributed by atoms with Crippen molar-refractivity contribution in [2.24, 2.45) is 0 Å². The zero-order valence-electron chi connectivity index (χ0n) is 12.9. The van der Waals surface area contributed by atoms with Gasteiger partial charge in [0.2, 0.25) is 0 Å². The topological polar surface area (TPSA) is 50.8 Å².